The molecule has 18 heavy (non-hydrogen) atoms. The van der Waals surface area contributed by atoms with Crippen molar-refractivity contribution in [2.24, 2.45) is 17.1 Å². The molecule has 2 nitrogen and oxygen atoms in total. The first kappa shape index (κ1) is 14.3. The first-order valence-corrected chi connectivity index (χ1v) is 7.90. The summed E-state index contributed by atoms with van der Waals surface area (Å²) in [6.07, 6.45) is 8.12. The third-order valence-electron chi connectivity index (χ3n) is 5.47. The van der Waals surface area contributed by atoms with E-state index in [-0.39, 0.29) is 5.54 Å². The second-order valence-electron chi connectivity index (χ2n) is 7.58. The average molecular weight is 252 g/mol. The number of nitrogens with zero attached hydrogens (tertiary/aromatic N) is 1. The minimum Gasteiger partial charge on any atom is -0.329 e. The molecule has 2 aliphatic carbocycles. The highest BCUT2D eigenvalue weighted by Crippen LogP contribution is 2.52. The maximum atomic E-state index is 6.28. The summed E-state index contributed by atoms with van der Waals surface area (Å²) in [6.45, 7) is 11.6. The van der Waals surface area contributed by atoms with E-state index in [9.17, 15) is 0 Å². The summed E-state index contributed by atoms with van der Waals surface area (Å²) in [5, 5.41) is 0. The molecule has 2 fully saturated rings. The largest absolute Gasteiger partial charge is 0.329 e. The monoisotopic (exact) mass is 252 g/mol. The van der Waals surface area contributed by atoms with Gasteiger partial charge in [0.25, 0.3) is 0 Å². The van der Waals surface area contributed by atoms with Gasteiger partial charge in [-0.1, -0.05) is 34.1 Å². The van der Waals surface area contributed by atoms with Crippen molar-refractivity contribution >= 4 is 0 Å². The molecule has 0 saturated heterocycles. The van der Waals surface area contributed by atoms with Gasteiger partial charge >= 0.3 is 0 Å². The summed E-state index contributed by atoms with van der Waals surface area (Å²) < 4.78 is 0. The molecule has 0 amide bonds. The second kappa shape index (κ2) is 5.13. The molecule has 0 aromatic rings. The molecule has 0 aromatic heterocycles. The Morgan fingerprint density at radius 2 is 1.89 bits per heavy atom. The summed E-state index contributed by atoms with van der Waals surface area (Å²) >= 11 is 0. The van der Waals surface area contributed by atoms with E-state index in [1.165, 1.54) is 45.1 Å². The predicted molar refractivity (Wildman–Crippen MR) is 78.6 cm³/mol. The van der Waals surface area contributed by atoms with Gasteiger partial charge in [-0.15, -0.1) is 0 Å². The van der Waals surface area contributed by atoms with Gasteiger partial charge in [-0.25, -0.2) is 0 Å². The van der Waals surface area contributed by atoms with Crippen LogP contribution in [0.5, 0.6) is 0 Å². The fraction of sp³-hybridized carbons (Fsp3) is 1.00. The van der Waals surface area contributed by atoms with Gasteiger partial charge in [-0.05, 0) is 50.0 Å². The lowest BCUT2D eigenvalue weighted by Crippen LogP contribution is -2.61. The van der Waals surface area contributed by atoms with Crippen LogP contribution in [0.3, 0.4) is 0 Å². The standard InChI is InChI=1S/C16H32N2/c1-13(2)8-11-18(14-6-7-14)16(12-17)10-5-9-15(16,3)4/h13-14H,5-12,17H2,1-4H3. The molecular weight excluding hydrogens is 220 g/mol. The van der Waals surface area contributed by atoms with Crippen LogP contribution in [0.4, 0.5) is 0 Å². The summed E-state index contributed by atoms with van der Waals surface area (Å²) in [5.41, 5.74) is 6.95. The summed E-state index contributed by atoms with van der Waals surface area (Å²) in [4.78, 5) is 2.82. The van der Waals surface area contributed by atoms with E-state index in [2.05, 4.69) is 32.6 Å². The molecule has 0 spiro atoms. The lowest BCUT2D eigenvalue weighted by Gasteiger charge is -2.50. The Morgan fingerprint density at radius 1 is 1.22 bits per heavy atom. The molecule has 0 heterocycles. The van der Waals surface area contributed by atoms with Crippen molar-refractivity contribution in [2.75, 3.05) is 13.1 Å². The van der Waals surface area contributed by atoms with Gasteiger partial charge in [-0.3, -0.25) is 4.90 Å². The van der Waals surface area contributed by atoms with Crippen LogP contribution in [-0.2, 0) is 0 Å². The van der Waals surface area contributed by atoms with Gasteiger partial charge in [-0.2, -0.15) is 0 Å². The number of nitrogens with two attached hydrogens (primary N) is 1. The maximum absolute atomic E-state index is 6.28. The van der Waals surface area contributed by atoms with Crippen LogP contribution in [0.1, 0.15) is 66.2 Å². The highest BCUT2D eigenvalue weighted by Gasteiger charge is 2.54. The zero-order chi connectivity index (χ0) is 13.4. The topological polar surface area (TPSA) is 29.3 Å². The maximum Gasteiger partial charge on any atom is 0.0385 e. The second-order valence-corrected chi connectivity index (χ2v) is 7.58. The third-order valence-corrected chi connectivity index (χ3v) is 5.47. The summed E-state index contributed by atoms with van der Waals surface area (Å²) in [6, 6.07) is 0.838. The Bertz CT molecular complexity index is 281. The first-order valence-electron chi connectivity index (χ1n) is 7.90. The Hall–Kier alpha value is -0.0800. The Kier molecular flexibility index (Phi) is 4.08. The summed E-state index contributed by atoms with van der Waals surface area (Å²) in [5.74, 6) is 0.797. The van der Waals surface area contributed by atoms with Crippen molar-refractivity contribution < 1.29 is 0 Å². The number of hydrogen-bond acceptors (Lipinski definition) is 2. The molecule has 0 aromatic carbocycles. The van der Waals surface area contributed by atoms with Crippen LogP contribution in [0.15, 0.2) is 0 Å². The smallest absolute Gasteiger partial charge is 0.0385 e. The predicted octanol–water partition coefficient (Wildman–Crippen LogP) is 3.40. The molecule has 2 aliphatic rings. The molecule has 0 bridgehead atoms. The summed E-state index contributed by atoms with van der Waals surface area (Å²) in [7, 11) is 0. The van der Waals surface area contributed by atoms with E-state index in [1.807, 2.05) is 0 Å². The molecule has 0 aliphatic heterocycles. The minimum atomic E-state index is 0.281. The highest BCUT2D eigenvalue weighted by molar-refractivity contribution is 5.10. The molecule has 2 rings (SSSR count). The van der Waals surface area contributed by atoms with Crippen molar-refractivity contribution in [3.63, 3.8) is 0 Å². The van der Waals surface area contributed by atoms with E-state index < -0.39 is 0 Å². The van der Waals surface area contributed by atoms with Crippen LogP contribution in [-0.4, -0.2) is 29.6 Å². The Labute approximate surface area is 113 Å². The molecule has 1 unspecified atom stereocenters. The SMILES string of the molecule is CC(C)CCN(C1CC1)C1(CN)CCCC1(C)C. The number of rotatable bonds is 6. The molecule has 2 heteroatoms. The molecule has 2 N–H and O–H groups in total. The molecule has 1 atom stereocenters. The van der Waals surface area contributed by atoms with Crippen LogP contribution >= 0.6 is 0 Å². The van der Waals surface area contributed by atoms with E-state index in [0.29, 0.717) is 5.41 Å². The van der Waals surface area contributed by atoms with Crippen molar-refractivity contribution in [2.45, 2.75) is 77.8 Å². The van der Waals surface area contributed by atoms with E-state index in [0.717, 1.165) is 18.5 Å². The zero-order valence-corrected chi connectivity index (χ0v) is 12.8. The first-order chi connectivity index (χ1) is 8.43. The molecular formula is C16H32N2. The van der Waals surface area contributed by atoms with Crippen LogP contribution in [0, 0.1) is 11.3 Å². The lowest BCUT2D eigenvalue weighted by molar-refractivity contribution is 0.00276. The van der Waals surface area contributed by atoms with Crippen molar-refractivity contribution in [3.05, 3.63) is 0 Å². The van der Waals surface area contributed by atoms with Crippen molar-refractivity contribution in [3.8, 4) is 0 Å². The molecule has 106 valence electrons. The van der Waals surface area contributed by atoms with Crippen LogP contribution in [0.25, 0.3) is 0 Å². The Balaban J connectivity index is 2.16. The molecule has 0 radical (unpaired) electrons. The fourth-order valence-electron chi connectivity index (χ4n) is 3.95. The third kappa shape index (κ3) is 2.46. The van der Waals surface area contributed by atoms with Crippen LogP contribution in [0.2, 0.25) is 0 Å². The Morgan fingerprint density at radius 3 is 2.28 bits per heavy atom. The van der Waals surface area contributed by atoms with Crippen LogP contribution < -0.4 is 5.73 Å². The van der Waals surface area contributed by atoms with Crippen molar-refractivity contribution in [1.29, 1.82) is 0 Å². The average Bonchev–Trinajstić information content (AvgIpc) is 3.05. The normalized spacial score (nSPS) is 31.5. The van der Waals surface area contributed by atoms with E-state index in [1.54, 1.807) is 0 Å². The minimum absolute atomic E-state index is 0.281. The fourth-order valence-corrected chi connectivity index (χ4v) is 3.95. The molecule has 2 saturated carbocycles. The van der Waals surface area contributed by atoms with E-state index in [4.69, 9.17) is 5.73 Å². The van der Waals surface area contributed by atoms with Gasteiger partial charge in [0.2, 0.25) is 0 Å². The van der Waals surface area contributed by atoms with Gasteiger partial charge in [0, 0.05) is 18.1 Å². The van der Waals surface area contributed by atoms with Crippen molar-refractivity contribution in [1.82, 2.24) is 4.90 Å². The highest BCUT2D eigenvalue weighted by atomic mass is 15.3. The van der Waals surface area contributed by atoms with Gasteiger partial charge in [0.1, 0.15) is 0 Å². The quantitative estimate of drug-likeness (QED) is 0.785. The van der Waals surface area contributed by atoms with Gasteiger partial charge in [0.15, 0.2) is 0 Å². The zero-order valence-electron chi connectivity index (χ0n) is 12.8. The lowest BCUT2D eigenvalue weighted by atomic mass is 9.73. The van der Waals surface area contributed by atoms with E-state index >= 15 is 0 Å². The van der Waals surface area contributed by atoms with Gasteiger partial charge < -0.3 is 5.73 Å². The number of hydrogen-bond donors (Lipinski definition) is 1. The van der Waals surface area contributed by atoms with Gasteiger partial charge in [0.05, 0.1) is 0 Å².